The first-order valence-corrected chi connectivity index (χ1v) is 7.68. The van der Waals surface area contributed by atoms with Crippen LogP contribution in [0.2, 0.25) is 0 Å². The molecule has 0 saturated carbocycles. The summed E-state index contributed by atoms with van der Waals surface area (Å²) in [6.07, 6.45) is -1.02. The lowest BCUT2D eigenvalue weighted by Gasteiger charge is -2.05. The summed E-state index contributed by atoms with van der Waals surface area (Å²) >= 11 is 0. The van der Waals surface area contributed by atoms with Crippen molar-refractivity contribution in [2.75, 3.05) is 7.05 Å². The lowest BCUT2D eigenvalue weighted by molar-refractivity contribution is -0.137. The van der Waals surface area contributed by atoms with Crippen LogP contribution in [-0.2, 0) is 6.18 Å². The SMILES string of the molecule is CNC(=O)c1cc2c(C#Cc3cccc(C(F)(F)F)c3)nc(C)cn2c1. The first-order valence-electron chi connectivity index (χ1n) is 7.68. The van der Waals surface area contributed by atoms with Crippen molar-refractivity contribution in [3.05, 3.63) is 70.8 Å². The molecule has 4 nitrogen and oxygen atoms in total. The molecule has 1 aromatic carbocycles. The molecule has 0 aliphatic heterocycles. The topological polar surface area (TPSA) is 46.4 Å². The van der Waals surface area contributed by atoms with E-state index in [1.54, 1.807) is 29.8 Å². The monoisotopic (exact) mass is 357 g/mol. The van der Waals surface area contributed by atoms with Crippen LogP contribution >= 0.6 is 0 Å². The zero-order chi connectivity index (χ0) is 18.9. The molecule has 132 valence electrons. The third-order valence-electron chi connectivity index (χ3n) is 3.71. The number of nitrogens with zero attached hydrogens (tertiary/aromatic N) is 2. The Morgan fingerprint density at radius 1 is 1.19 bits per heavy atom. The highest BCUT2D eigenvalue weighted by Gasteiger charge is 2.30. The van der Waals surface area contributed by atoms with Gasteiger partial charge in [0.15, 0.2) is 0 Å². The number of alkyl halides is 3. The third-order valence-corrected chi connectivity index (χ3v) is 3.71. The van der Waals surface area contributed by atoms with E-state index in [9.17, 15) is 18.0 Å². The Balaban J connectivity index is 2.06. The zero-order valence-electron chi connectivity index (χ0n) is 14.0. The molecule has 0 bridgehead atoms. The summed E-state index contributed by atoms with van der Waals surface area (Å²) in [6.45, 7) is 1.77. The normalized spacial score (nSPS) is 11.1. The number of rotatable bonds is 1. The Hall–Kier alpha value is -3.27. The quantitative estimate of drug-likeness (QED) is 0.679. The number of carbonyl (C=O) groups excluding carboxylic acids is 1. The van der Waals surface area contributed by atoms with Crippen LogP contribution in [0.4, 0.5) is 13.2 Å². The van der Waals surface area contributed by atoms with Gasteiger partial charge in [-0.25, -0.2) is 4.98 Å². The van der Waals surface area contributed by atoms with Crippen LogP contribution in [0, 0.1) is 18.8 Å². The molecule has 0 unspecified atom stereocenters. The number of aryl methyl sites for hydroxylation is 1. The highest BCUT2D eigenvalue weighted by molar-refractivity contribution is 5.95. The molecule has 3 rings (SSSR count). The maximum Gasteiger partial charge on any atom is 0.416 e. The van der Waals surface area contributed by atoms with Crippen molar-refractivity contribution >= 4 is 11.4 Å². The van der Waals surface area contributed by atoms with Crippen molar-refractivity contribution in [3.63, 3.8) is 0 Å². The average Bonchev–Trinajstić information content (AvgIpc) is 3.02. The van der Waals surface area contributed by atoms with Crippen molar-refractivity contribution in [2.45, 2.75) is 13.1 Å². The second-order valence-corrected chi connectivity index (χ2v) is 5.66. The molecule has 26 heavy (non-hydrogen) atoms. The van der Waals surface area contributed by atoms with Gasteiger partial charge >= 0.3 is 6.18 Å². The fourth-order valence-corrected chi connectivity index (χ4v) is 2.50. The predicted octanol–water partition coefficient (Wildman–Crippen LogP) is 3.42. The highest BCUT2D eigenvalue weighted by atomic mass is 19.4. The number of aromatic nitrogens is 2. The van der Waals surface area contributed by atoms with Gasteiger partial charge in [0.1, 0.15) is 5.69 Å². The van der Waals surface area contributed by atoms with Gasteiger partial charge in [-0.15, -0.1) is 0 Å². The Kier molecular flexibility index (Phi) is 4.43. The van der Waals surface area contributed by atoms with Crippen LogP contribution in [0.1, 0.15) is 32.9 Å². The molecule has 0 aliphatic carbocycles. The first kappa shape index (κ1) is 17.5. The number of halogens is 3. The van der Waals surface area contributed by atoms with E-state index in [1.165, 1.54) is 19.2 Å². The average molecular weight is 357 g/mol. The van der Waals surface area contributed by atoms with Gasteiger partial charge in [-0.05, 0) is 37.1 Å². The number of benzene rings is 1. The summed E-state index contributed by atoms with van der Waals surface area (Å²) in [6, 6.07) is 6.45. The van der Waals surface area contributed by atoms with E-state index in [2.05, 4.69) is 22.1 Å². The minimum Gasteiger partial charge on any atom is -0.355 e. The molecule has 1 amide bonds. The molecular formula is C19H14F3N3O. The molecule has 0 atom stereocenters. The standard InChI is InChI=1S/C19H14F3N3O/c1-12-10-25-11-14(18(26)23-2)9-17(25)16(24-12)7-6-13-4-3-5-15(8-13)19(20,21)22/h3-5,8-11H,1-2H3,(H,23,26). The van der Waals surface area contributed by atoms with Crippen molar-refractivity contribution in [1.29, 1.82) is 0 Å². The number of hydrogen-bond donors (Lipinski definition) is 1. The zero-order valence-corrected chi connectivity index (χ0v) is 14.0. The summed E-state index contributed by atoms with van der Waals surface area (Å²) in [5.41, 5.74) is 1.59. The fraction of sp³-hybridized carbons (Fsp3) is 0.158. The van der Waals surface area contributed by atoms with Gasteiger partial charge in [0.2, 0.25) is 0 Å². The summed E-state index contributed by atoms with van der Waals surface area (Å²) < 4.78 is 40.1. The summed E-state index contributed by atoms with van der Waals surface area (Å²) in [4.78, 5) is 16.1. The molecular weight excluding hydrogens is 343 g/mol. The number of amides is 1. The van der Waals surface area contributed by atoms with Crippen LogP contribution < -0.4 is 5.32 Å². The summed E-state index contributed by atoms with van der Waals surface area (Å²) in [5.74, 6) is 5.28. The van der Waals surface area contributed by atoms with Gasteiger partial charge in [0.25, 0.3) is 5.91 Å². The Morgan fingerprint density at radius 3 is 2.65 bits per heavy atom. The second-order valence-electron chi connectivity index (χ2n) is 5.66. The van der Waals surface area contributed by atoms with Crippen LogP contribution in [0.3, 0.4) is 0 Å². The molecule has 0 radical (unpaired) electrons. The molecule has 0 saturated heterocycles. The second kappa shape index (κ2) is 6.56. The van der Waals surface area contributed by atoms with E-state index in [0.29, 0.717) is 22.5 Å². The van der Waals surface area contributed by atoms with Gasteiger partial charge in [0.05, 0.1) is 22.3 Å². The van der Waals surface area contributed by atoms with E-state index >= 15 is 0 Å². The predicted molar refractivity (Wildman–Crippen MR) is 90.7 cm³/mol. The van der Waals surface area contributed by atoms with Crippen LogP contribution in [0.15, 0.2) is 42.7 Å². The minimum atomic E-state index is -4.42. The van der Waals surface area contributed by atoms with E-state index in [0.717, 1.165) is 12.1 Å². The molecule has 2 aromatic heterocycles. The van der Waals surface area contributed by atoms with Crippen LogP contribution in [0.25, 0.3) is 5.52 Å². The summed E-state index contributed by atoms with van der Waals surface area (Å²) in [7, 11) is 1.53. The molecule has 7 heteroatoms. The number of nitrogens with one attached hydrogen (secondary N) is 1. The van der Waals surface area contributed by atoms with E-state index in [-0.39, 0.29) is 11.5 Å². The van der Waals surface area contributed by atoms with Gasteiger partial charge < -0.3 is 9.72 Å². The van der Waals surface area contributed by atoms with Crippen molar-refractivity contribution < 1.29 is 18.0 Å². The van der Waals surface area contributed by atoms with E-state index < -0.39 is 11.7 Å². The van der Waals surface area contributed by atoms with Crippen molar-refractivity contribution in [3.8, 4) is 11.8 Å². The number of fused-ring (bicyclic) bond motifs is 1. The Morgan fingerprint density at radius 2 is 1.96 bits per heavy atom. The lowest BCUT2D eigenvalue weighted by atomic mass is 10.1. The van der Waals surface area contributed by atoms with Gasteiger partial charge in [-0.1, -0.05) is 12.0 Å². The molecule has 2 heterocycles. The molecule has 0 fully saturated rings. The summed E-state index contributed by atoms with van der Waals surface area (Å²) in [5, 5.41) is 2.54. The Labute approximate surface area is 147 Å². The van der Waals surface area contributed by atoms with Crippen LogP contribution in [-0.4, -0.2) is 22.3 Å². The number of hydrogen-bond acceptors (Lipinski definition) is 2. The van der Waals surface area contributed by atoms with E-state index in [1.807, 2.05) is 0 Å². The maximum absolute atomic E-state index is 12.8. The van der Waals surface area contributed by atoms with E-state index in [4.69, 9.17) is 0 Å². The largest absolute Gasteiger partial charge is 0.416 e. The van der Waals surface area contributed by atoms with Crippen LogP contribution in [0.5, 0.6) is 0 Å². The minimum absolute atomic E-state index is 0.236. The van der Waals surface area contributed by atoms with Crippen molar-refractivity contribution in [1.82, 2.24) is 14.7 Å². The number of carbonyl (C=O) groups is 1. The third kappa shape index (κ3) is 3.54. The van der Waals surface area contributed by atoms with Crippen molar-refractivity contribution in [2.24, 2.45) is 0 Å². The van der Waals surface area contributed by atoms with Gasteiger partial charge in [-0.3, -0.25) is 4.79 Å². The first-order chi connectivity index (χ1) is 12.3. The fourth-order valence-electron chi connectivity index (χ4n) is 2.50. The lowest BCUT2D eigenvalue weighted by Crippen LogP contribution is -2.16. The molecule has 1 N–H and O–H groups in total. The van der Waals surface area contributed by atoms with Gasteiger partial charge in [-0.2, -0.15) is 13.2 Å². The Bertz CT molecular complexity index is 1060. The molecule has 0 aliphatic rings. The molecule has 0 spiro atoms. The highest BCUT2D eigenvalue weighted by Crippen LogP contribution is 2.29. The molecule has 3 aromatic rings. The maximum atomic E-state index is 12.8. The van der Waals surface area contributed by atoms with Gasteiger partial charge in [0, 0.05) is 25.0 Å². The smallest absolute Gasteiger partial charge is 0.355 e.